The van der Waals surface area contributed by atoms with E-state index in [0.717, 1.165) is 35.0 Å². The maximum Gasteiger partial charge on any atom is 0.419 e. The van der Waals surface area contributed by atoms with E-state index in [1.54, 1.807) is 4.57 Å². The summed E-state index contributed by atoms with van der Waals surface area (Å²) in [6.07, 6.45) is 3.10. The molecule has 0 radical (unpaired) electrons. The molecule has 2 N–H and O–H groups in total. The summed E-state index contributed by atoms with van der Waals surface area (Å²) in [7, 11) is 0. The molecule has 0 spiro atoms. The van der Waals surface area contributed by atoms with Crippen LogP contribution in [0.15, 0.2) is 60.8 Å². The van der Waals surface area contributed by atoms with Gasteiger partial charge >= 0.3 is 6.09 Å². The molecule has 1 aliphatic rings. The number of carbonyl (C=O) groups excluding carboxylic acids is 2. The average molecular weight is 462 g/mol. The third-order valence-corrected chi connectivity index (χ3v) is 6.56. The van der Waals surface area contributed by atoms with Gasteiger partial charge in [-0.1, -0.05) is 61.9 Å². The largest absolute Gasteiger partial charge is 0.443 e. The third kappa shape index (κ3) is 5.33. The van der Waals surface area contributed by atoms with E-state index in [1.165, 1.54) is 0 Å². The molecule has 0 bridgehead atoms. The molecular weight excluding hydrogens is 426 g/mol. The topological polar surface area (TPSA) is 72.4 Å². The monoisotopic (exact) mass is 461 g/mol. The fourth-order valence-electron chi connectivity index (χ4n) is 4.81. The molecule has 6 nitrogen and oxygen atoms in total. The lowest BCUT2D eigenvalue weighted by Gasteiger charge is -2.36. The van der Waals surface area contributed by atoms with Crippen molar-refractivity contribution in [3.05, 3.63) is 71.9 Å². The Hall–Kier alpha value is -3.12. The van der Waals surface area contributed by atoms with Crippen molar-refractivity contribution in [1.29, 1.82) is 0 Å². The van der Waals surface area contributed by atoms with Crippen LogP contribution >= 0.6 is 0 Å². The minimum atomic E-state index is -0.581. The van der Waals surface area contributed by atoms with Crippen LogP contribution in [-0.2, 0) is 16.1 Å². The van der Waals surface area contributed by atoms with Gasteiger partial charge in [0.05, 0.1) is 5.52 Å². The highest BCUT2D eigenvalue weighted by Gasteiger charge is 2.36. The smallest absolute Gasteiger partial charge is 0.419 e. The van der Waals surface area contributed by atoms with Gasteiger partial charge in [-0.2, -0.15) is 0 Å². The van der Waals surface area contributed by atoms with Gasteiger partial charge in [-0.05, 0) is 56.8 Å². The highest BCUT2D eigenvalue weighted by Crippen LogP contribution is 2.36. The molecule has 1 aliphatic heterocycles. The van der Waals surface area contributed by atoms with E-state index in [1.807, 2.05) is 81.6 Å². The maximum absolute atomic E-state index is 13.2. The first-order valence-corrected chi connectivity index (χ1v) is 12.1. The molecular formula is C28H35N3O3. The van der Waals surface area contributed by atoms with Gasteiger partial charge in [0.2, 0.25) is 5.91 Å². The van der Waals surface area contributed by atoms with E-state index >= 15 is 0 Å². The standard InChI is InChI=1S/C28H35N3O3/c1-5-20-17-29-24(15-22(20)26(32)30-16-19-11-7-6-8-12-19)23-18-31(27(33)34-28(2,3)4)25-14-10-9-13-21(23)25/h6-14,18,20,22,24,29H,5,15-17H2,1-4H3,(H,30,32)/t20-,22+,24+/m0/s1. The van der Waals surface area contributed by atoms with Crippen LogP contribution in [0.5, 0.6) is 0 Å². The Labute approximate surface area is 201 Å². The summed E-state index contributed by atoms with van der Waals surface area (Å²) in [4.78, 5) is 26.2. The molecule has 0 saturated carbocycles. The molecule has 3 aromatic rings. The third-order valence-electron chi connectivity index (χ3n) is 6.56. The van der Waals surface area contributed by atoms with Gasteiger partial charge in [0, 0.05) is 30.1 Å². The second kappa shape index (κ2) is 10.0. The lowest BCUT2D eigenvalue weighted by molar-refractivity contribution is -0.128. The molecule has 1 fully saturated rings. The van der Waals surface area contributed by atoms with Crippen LogP contribution in [0.25, 0.3) is 10.9 Å². The summed E-state index contributed by atoms with van der Waals surface area (Å²) in [6.45, 7) is 9.02. The number of para-hydroxylation sites is 1. The summed E-state index contributed by atoms with van der Waals surface area (Å²) >= 11 is 0. The van der Waals surface area contributed by atoms with Crippen molar-refractivity contribution >= 4 is 22.9 Å². The number of benzene rings is 2. The number of piperidine rings is 1. The van der Waals surface area contributed by atoms with Crippen molar-refractivity contribution in [2.75, 3.05) is 6.54 Å². The van der Waals surface area contributed by atoms with Crippen molar-refractivity contribution in [2.45, 2.75) is 58.7 Å². The number of hydrogen-bond acceptors (Lipinski definition) is 4. The van der Waals surface area contributed by atoms with Gasteiger partial charge in [-0.15, -0.1) is 0 Å². The van der Waals surface area contributed by atoms with Crippen LogP contribution in [0, 0.1) is 11.8 Å². The molecule has 1 saturated heterocycles. The zero-order chi connectivity index (χ0) is 24.3. The summed E-state index contributed by atoms with van der Waals surface area (Å²) in [5, 5.41) is 7.79. The number of fused-ring (bicyclic) bond motifs is 1. The first-order chi connectivity index (χ1) is 16.3. The maximum atomic E-state index is 13.2. The Bertz CT molecular complexity index is 1150. The number of nitrogens with zero attached hydrogens (tertiary/aromatic N) is 1. The fourth-order valence-corrected chi connectivity index (χ4v) is 4.81. The summed E-state index contributed by atoms with van der Waals surface area (Å²) in [5.41, 5.74) is 2.35. The number of ether oxygens (including phenoxy) is 1. The van der Waals surface area contributed by atoms with Crippen LogP contribution in [0.1, 0.15) is 57.7 Å². The molecule has 2 heterocycles. The normalized spacial score (nSPS) is 20.8. The summed E-state index contributed by atoms with van der Waals surface area (Å²) in [6, 6.07) is 17.8. The molecule has 0 aliphatic carbocycles. The molecule has 6 heteroatoms. The summed E-state index contributed by atoms with van der Waals surface area (Å²) in [5.74, 6) is 0.271. The minimum absolute atomic E-state index is 0.0242. The number of amides is 1. The first kappa shape index (κ1) is 24.0. The van der Waals surface area contributed by atoms with Crippen LogP contribution in [-0.4, -0.2) is 28.7 Å². The number of aromatic nitrogens is 1. The van der Waals surface area contributed by atoms with Crippen molar-refractivity contribution < 1.29 is 14.3 Å². The highest BCUT2D eigenvalue weighted by atomic mass is 16.6. The molecule has 34 heavy (non-hydrogen) atoms. The summed E-state index contributed by atoms with van der Waals surface area (Å²) < 4.78 is 7.23. The quantitative estimate of drug-likeness (QED) is 0.532. The van der Waals surface area contributed by atoms with Crippen molar-refractivity contribution in [3.63, 3.8) is 0 Å². The first-order valence-electron chi connectivity index (χ1n) is 12.1. The van der Waals surface area contributed by atoms with E-state index in [0.29, 0.717) is 13.0 Å². The van der Waals surface area contributed by atoms with Gasteiger partial charge < -0.3 is 15.4 Å². The molecule has 0 unspecified atom stereocenters. The molecule has 4 rings (SSSR count). The van der Waals surface area contributed by atoms with Crippen molar-refractivity contribution in [2.24, 2.45) is 11.8 Å². The number of nitrogens with one attached hydrogen (secondary N) is 2. The van der Waals surface area contributed by atoms with E-state index < -0.39 is 11.7 Å². The average Bonchev–Trinajstić information content (AvgIpc) is 3.22. The van der Waals surface area contributed by atoms with Crippen LogP contribution < -0.4 is 10.6 Å². The number of hydrogen-bond donors (Lipinski definition) is 2. The molecule has 1 aromatic heterocycles. The van der Waals surface area contributed by atoms with Gasteiger partial charge in [0.25, 0.3) is 0 Å². The zero-order valence-corrected chi connectivity index (χ0v) is 20.5. The molecule has 180 valence electrons. The van der Waals surface area contributed by atoms with Gasteiger partial charge in [0.15, 0.2) is 0 Å². The molecule has 2 aromatic carbocycles. The second-order valence-electron chi connectivity index (χ2n) is 10.1. The highest BCUT2D eigenvalue weighted by molar-refractivity contribution is 5.92. The van der Waals surface area contributed by atoms with Crippen LogP contribution in [0.3, 0.4) is 0 Å². The van der Waals surface area contributed by atoms with Crippen molar-refractivity contribution in [3.8, 4) is 0 Å². The van der Waals surface area contributed by atoms with Crippen LogP contribution in [0.4, 0.5) is 4.79 Å². The predicted octanol–water partition coefficient (Wildman–Crippen LogP) is 5.42. The zero-order valence-electron chi connectivity index (χ0n) is 20.5. The molecule has 3 atom stereocenters. The Morgan fingerprint density at radius 1 is 1.09 bits per heavy atom. The van der Waals surface area contributed by atoms with E-state index in [-0.39, 0.29) is 23.8 Å². The van der Waals surface area contributed by atoms with Crippen LogP contribution in [0.2, 0.25) is 0 Å². The van der Waals surface area contributed by atoms with E-state index in [9.17, 15) is 9.59 Å². The van der Waals surface area contributed by atoms with Crippen molar-refractivity contribution in [1.82, 2.24) is 15.2 Å². The Morgan fingerprint density at radius 3 is 2.50 bits per heavy atom. The Balaban J connectivity index is 1.57. The number of rotatable bonds is 5. The van der Waals surface area contributed by atoms with E-state index in [4.69, 9.17) is 4.74 Å². The lowest BCUT2D eigenvalue weighted by Crippen LogP contribution is -2.45. The number of carbonyl (C=O) groups is 2. The SMILES string of the molecule is CC[C@H]1CN[C@@H](c2cn(C(=O)OC(C)(C)C)c3ccccc23)C[C@H]1C(=O)NCc1ccccc1. The van der Waals surface area contributed by atoms with E-state index in [2.05, 4.69) is 17.6 Å². The van der Waals surface area contributed by atoms with Gasteiger partial charge in [0.1, 0.15) is 5.60 Å². The Morgan fingerprint density at radius 2 is 1.79 bits per heavy atom. The lowest BCUT2D eigenvalue weighted by atomic mass is 9.79. The minimum Gasteiger partial charge on any atom is -0.443 e. The van der Waals surface area contributed by atoms with Gasteiger partial charge in [-0.3, -0.25) is 9.36 Å². The fraction of sp³-hybridized carbons (Fsp3) is 0.429. The Kier molecular flexibility index (Phi) is 7.08. The predicted molar refractivity (Wildman–Crippen MR) is 134 cm³/mol. The van der Waals surface area contributed by atoms with Gasteiger partial charge in [-0.25, -0.2) is 4.79 Å². The molecule has 1 amide bonds. The second-order valence-corrected chi connectivity index (χ2v) is 10.1.